The van der Waals surface area contributed by atoms with Crippen molar-refractivity contribution in [1.82, 2.24) is 10.3 Å². The normalized spacial score (nSPS) is 14.1. The number of thioether (sulfide) groups is 1. The second-order valence-corrected chi connectivity index (χ2v) is 7.38. The molecule has 92 valence electrons. The van der Waals surface area contributed by atoms with Crippen LogP contribution in [0, 0.1) is 6.92 Å². The fraction of sp³-hybridized carbons (Fsp3) is 0.750. The van der Waals surface area contributed by atoms with E-state index in [0.29, 0.717) is 10.8 Å². The van der Waals surface area contributed by atoms with Crippen LogP contribution >= 0.6 is 23.1 Å². The molecule has 1 aromatic heterocycles. The van der Waals surface area contributed by atoms with Gasteiger partial charge in [-0.05, 0) is 26.5 Å². The molecular formula is C12H22N2S2. The molecule has 0 aliphatic carbocycles. The third kappa shape index (κ3) is 4.85. The van der Waals surface area contributed by atoms with E-state index in [9.17, 15) is 0 Å². The van der Waals surface area contributed by atoms with Crippen LogP contribution in [0.1, 0.15) is 37.9 Å². The molecule has 0 amide bonds. The predicted octanol–water partition coefficient (Wildman–Crippen LogP) is 3.46. The lowest BCUT2D eigenvalue weighted by Gasteiger charge is -2.26. The molecule has 4 heteroatoms. The van der Waals surface area contributed by atoms with Crippen molar-refractivity contribution in [3.8, 4) is 0 Å². The number of nitrogens with one attached hydrogen (secondary N) is 1. The molecule has 0 fully saturated rings. The summed E-state index contributed by atoms with van der Waals surface area (Å²) in [5, 5.41) is 6.81. The highest BCUT2D eigenvalue weighted by Crippen LogP contribution is 2.26. The van der Waals surface area contributed by atoms with Crippen LogP contribution < -0.4 is 5.32 Å². The van der Waals surface area contributed by atoms with Crippen LogP contribution in [0.3, 0.4) is 0 Å². The van der Waals surface area contributed by atoms with Crippen LogP contribution in [0.25, 0.3) is 0 Å². The largest absolute Gasteiger partial charge is 0.309 e. The van der Waals surface area contributed by atoms with E-state index in [1.807, 2.05) is 11.8 Å². The van der Waals surface area contributed by atoms with E-state index >= 15 is 0 Å². The van der Waals surface area contributed by atoms with Gasteiger partial charge in [0.05, 0.1) is 10.7 Å². The summed E-state index contributed by atoms with van der Waals surface area (Å²) in [5.41, 5.74) is 1.16. The topological polar surface area (TPSA) is 24.9 Å². The molecule has 16 heavy (non-hydrogen) atoms. The van der Waals surface area contributed by atoms with Crippen molar-refractivity contribution < 1.29 is 0 Å². The van der Waals surface area contributed by atoms with Gasteiger partial charge in [0, 0.05) is 22.7 Å². The zero-order valence-electron chi connectivity index (χ0n) is 10.8. The van der Waals surface area contributed by atoms with Gasteiger partial charge >= 0.3 is 0 Å². The monoisotopic (exact) mass is 258 g/mol. The molecule has 1 atom stereocenters. The number of thiazole rings is 1. The average molecular weight is 258 g/mol. The number of rotatable bonds is 6. The Hall–Kier alpha value is -0.0600. The lowest BCUT2D eigenvalue weighted by molar-refractivity contribution is 0.463. The minimum absolute atomic E-state index is 0.352. The van der Waals surface area contributed by atoms with Crippen molar-refractivity contribution in [3.05, 3.63) is 16.1 Å². The van der Waals surface area contributed by atoms with Gasteiger partial charge in [-0.3, -0.25) is 0 Å². The van der Waals surface area contributed by atoms with E-state index in [1.165, 1.54) is 6.42 Å². The molecule has 0 aliphatic heterocycles. The van der Waals surface area contributed by atoms with Crippen LogP contribution in [0.15, 0.2) is 5.38 Å². The summed E-state index contributed by atoms with van der Waals surface area (Å²) >= 11 is 3.65. The maximum Gasteiger partial charge on any atom is 0.0897 e. The van der Waals surface area contributed by atoms with Crippen molar-refractivity contribution in [1.29, 1.82) is 0 Å². The summed E-state index contributed by atoms with van der Waals surface area (Å²) in [6, 6.07) is 0.532. The van der Waals surface area contributed by atoms with E-state index in [-0.39, 0.29) is 0 Å². The quantitative estimate of drug-likeness (QED) is 0.846. The van der Waals surface area contributed by atoms with E-state index < -0.39 is 0 Å². The molecule has 0 bridgehead atoms. The van der Waals surface area contributed by atoms with Gasteiger partial charge in [-0.2, -0.15) is 11.8 Å². The maximum absolute atomic E-state index is 4.45. The van der Waals surface area contributed by atoms with Gasteiger partial charge in [-0.1, -0.05) is 13.8 Å². The van der Waals surface area contributed by atoms with Crippen molar-refractivity contribution >= 4 is 23.1 Å². The molecule has 1 heterocycles. The molecule has 0 spiro atoms. The Bertz CT molecular complexity index is 321. The van der Waals surface area contributed by atoms with Gasteiger partial charge in [0.25, 0.3) is 0 Å². The van der Waals surface area contributed by atoms with Gasteiger partial charge in [0.1, 0.15) is 0 Å². The third-order valence-electron chi connectivity index (χ3n) is 2.65. The van der Waals surface area contributed by atoms with Crippen LogP contribution in [0.4, 0.5) is 0 Å². The van der Waals surface area contributed by atoms with E-state index in [4.69, 9.17) is 0 Å². The molecular weight excluding hydrogens is 236 g/mol. The average Bonchev–Trinajstić information content (AvgIpc) is 2.61. The standard InChI is InChI=1S/C12H22N2S2/c1-9(6-12(3,4)15-5)13-7-11-8-16-10(2)14-11/h8-9,13H,6-7H2,1-5H3/t9-/m0/s1. The van der Waals surface area contributed by atoms with Crippen molar-refractivity contribution in [3.63, 3.8) is 0 Å². The van der Waals surface area contributed by atoms with Crippen molar-refractivity contribution in [2.75, 3.05) is 6.26 Å². The highest BCUT2D eigenvalue weighted by molar-refractivity contribution is 7.99. The third-order valence-corrected chi connectivity index (χ3v) is 4.74. The van der Waals surface area contributed by atoms with Gasteiger partial charge in [0.15, 0.2) is 0 Å². The summed E-state index contributed by atoms with van der Waals surface area (Å²) in [6.07, 6.45) is 3.35. The summed E-state index contributed by atoms with van der Waals surface area (Å²) < 4.78 is 0.352. The Balaban J connectivity index is 2.33. The summed E-state index contributed by atoms with van der Waals surface area (Å²) in [4.78, 5) is 4.45. The number of aryl methyl sites for hydroxylation is 1. The van der Waals surface area contributed by atoms with E-state index in [0.717, 1.165) is 17.2 Å². The molecule has 1 N–H and O–H groups in total. The van der Waals surface area contributed by atoms with Crippen LogP contribution in [0.5, 0.6) is 0 Å². The lowest BCUT2D eigenvalue weighted by atomic mass is 10.0. The molecule has 0 aliphatic rings. The zero-order valence-corrected chi connectivity index (χ0v) is 12.5. The first-order chi connectivity index (χ1) is 7.43. The molecule has 1 rings (SSSR count). The SMILES string of the molecule is CSC(C)(C)C[C@H](C)NCc1csc(C)n1. The summed E-state index contributed by atoms with van der Waals surface area (Å²) in [6.45, 7) is 9.77. The first-order valence-corrected chi connectivity index (χ1v) is 7.73. The Morgan fingerprint density at radius 2 is 2.25 bits per heavy atom. The lowest BCUT2D eigenvalue weighted by Crippen LogP contribution is -2.32. The second-order valence-electron chi connectivity index (χ2n) is 4.81. The van der Waals surface area contributed by atoms with Gasteiger partial charge < -0.3 is 5.32 Å². The predicted molar refractivity (Wildman–Crippen MR) is 75.4 cm³/mol. The molecule has 2 nitrogen and oxygen atoms in total. The Morgan fingerprint density at radius 1 is 1.56 bits per heavy atom. The zero-order chi connectivity index (χ0) is 12.2. The Kier molecular flexibility index (Phi) is 5.28. The minimum Gasteiger partial charge on any atom is -0.309 e. The van der Waals surface area contributed by atoms with Crippen LogP contribution in [-0.2, 0) is 6.54 Å². The van der Waals surface area contributed by atoms with Gasteiger partial charge in [0.2, 0.25) is 0 Å². The number of hydrogen-bond acceptors (Lipinski definition) is 4. The summed E-state index contributed by atoms with van der Waals surface area (Å²) in [7, 11) is 0. The summed E-state index contributed by atoms with van der Waals surface area (Å²) in [5.74, 6) is 0. The number of hydrogen-bond donors (Lipinski definition) is 1. The van der Waals surface area contributed by atoms with Gasteiger partial charge in [-0.25, -0.2) is 4.98 Å². The molecule has 0 unspecified atom stereocenters. The smallest absolute Gasteiger partial charge is 0.0897 e. The fourth-order valence-electron chi connectivity index (χ4n) is 1.66. The highest BCUT2D eigenvalue weighted by Gasteiger charge is 2.19. The van der Waals surface area contributed by atoms with Gasteiger partial charge in [-0.15, -0.1) is 11.3 Å². The van der Waals surface area contributed by atoms with Crippen molar-refractivity contribution in [2.45, 2.75) is 51.4 Å². The second kappa shape index (κ2) is 6.03. The molecule has 0 saturated heterocycles. The first-order valence-electron chi connectivity index (χ1n) is 5.62. The molecule has 0 saturated carbocycles. The van der Waals surface area contributed by atoms with E-state index in [1.54, 1.807) is 11.3 Å². The van der Waals surface area contributed by atoms with Crippen LogP contribution in [-0.4, -0.2) is 22.0 Å². The molecule has 0 aromatic carbocycles. The minimum atomic E-state index is 0.352. The molecule has 1 aromatic rings. The highest BCUT2D eigenvalue weighted by atomic mass is 32.2. The maximum atomic E-state index is 4.45. The van der Waals surface area contributed by atoms with E-state index in [2.05, 4.69) is 49.6 Å². The number of aromatic nitrogens is 1. The fourth-order valence-corrected chi connectivity index (χ4v) is 2.69. The first kappa shape index (κ1) is 14.0. The Morgan fingerprint density at radius 3 is 2.75 bits per heavy atom. The molecule has 0 radical (unpaired) electrons. The Labute approximate surface area is 107 Å². The number of nitrogens with zero attached hydrogens (tertiary/aromatic N) is 1. The van der Waals surface area contributed by atoms with Crippen LogP contribution in [0.2, 0.25) is 0 Å². The van der Waals surface area contributed by atoms with Crippen molar-refractivity contribution in [2.24, 2.45) is 0 Å².